The second kappa shape index (κ2) is 11.1. The topological polar surface area (TPSA) is 72.1 Å². The lowest BCUT2D eigenvalue weighted by atomic mass is 10.0. The largest absolute Gasteiger partial charge is 0.493 e. The summed E-state index contributed by atoms with van der Waals surface area (Å²) in [4.78, 5) is 14.8. The Kier molecular flexibility index (Phi) is 8.19. The van der Waals surface area contributed by atoms with Crippen molar-refractivity contribution in [1.82, 2.24) is 10.2 Å². The fourth-order valence-electron chi connectivity index (χ4n) is 3.44. The monoisotopic (exact) mass is 433 g/mol. The summed E-state index contributed by atoms with van der Waals surface area (Å²) in [7, 11) is 1.63. The third kappa shape index (κ3) is 6.01. The van der Waals surface area contributed by atoms with Crippen molar-refractivity contribution in [3.63, 3.8) is 0 Å². The molecule has 0 aromatic heterocycles. The predicted molar refractivity (Wildman–Crippen MR) is 118 cm³/mol. The van der Waals surface area contributed by atoms with Gasteiger partial charge >= 0.3 is 6.03 Å². The van der Waals surface area contributed by atoms with Crippen molar-refractivity contribution in [2.45, 2.75) is 13.0 Å². The summed E-state index contributed by atoms with van der Waals surface area (Å²) in [5, 5.41) is 6.36. The Morgan fingerprint density at radius 1 is 1.20 bits per heavy atom. The van der Waals surface area contributed by atoms with Gasteiger partial charge in [-0.25, -0.2) is 4.79 Å². The van der Waals surface area contributed by atoms with Crippen LogP contribution >= 0.6 is 11.6 Å². The van der Waals surface area contributed by atoms with Gasteiger partial charge in [0.15, 0.2) is 11.5 Å². The minimum Gasteiger partial charge on any atom is -0.493 e. The minimum atomic E-state index is -0.284. The lowest BCUT2D eigenvalue weighted by Gasteiger charge is -2.35. The molecule has 1 aliphatic rings. The normalized spacial score (nSPS) is 15.3. The maximum atomic E-state index is 12.5. The molecule has 1 atom stereocenters. The molecule has 1 aliphatic heterocycles. The van der Waals surface area contributed by atoms with E-state index in [0.29, 0.717) is 48.6 Å². The van der Waals surface area contributed by atoms with Crippen LogP contribution in [-0.4, -0.2) is 57.5 Å². The van der Waals surface area contributed by atoms with Crippen molar-refractivity contribution in [1.29, 1.82) is 0 Å². The molecule has 0 bridgehead atoms. The predicted octanol–water partition coefficient (Wildman–Crippen LogP) is 3.94. The molecule has 2 N–H and O–H groups in total. The number of urea groups is 1. The highest BCUT2D eigenvalue weighted by Crippen LogP contribution is 2.32. The lowest BCUT2D eigenvalue weighted by molar-refractivity contribution is 0.0167. The first kappa shape index (κ1) is 22.2. The number of nitrogens with zero attached hydrogens (tertiary/aromatic N) is 1. The second-order valence-electron chi connectivity index (χ2n) is 6.85. The Bertz CT molecular complexity index is 843. The maximum absolute atomic E-state index is 12.5. The molecule has 7 nitrogen and oxygen atoms in total. The molecule has 162 valence electrons. The van der Waals surface area contributed by atoms with Gasteiger partial charge in [0.2, 0.25) is 0 Å². The van der Waals surface area contributed by atoms with E-state index in [1.165, 1.54) is 0 Å². The van der Waals surface area contributed by atoms with Crippen molar-refractivity contribution in [3.8, 4) is 11.5 Å². The third-order valence-electron chi connectivity index (χ3n) is 4.90. The molecule has 0 saturated carbocycles. The quantitative estimate of drug-likeness (QED) is 0.659. The van der Waals surface area contributed by atoms with Gasteiger partial charge in [0.1, 0.15) is 0 Å². The van der Waals surface area contributed by atoms with Crippen LogP contribution in [0.1, 0.15) is 18.5 Å². The van der Waals surface area contributed by atoms with E-state index in [1.807, 2.05) is 25.1 Å². The number of anilines is 1. The molecule has 0 spiro atoms. The second-order valence-corrected chi connectivity index (χ2v) is 7.29. The van der Waals surface area contributed by atoms with Crippen LogP contribution < -0.4 is 20.1 Å². The molecule has 1 heterocycles. The first-order valence-corrected chi connectivity index (χ1v) is 10.4. The highest BCUT2D eigenvalue weighted by atomic mass is 35.5. The molecule has 30 heavy (non-hydrogen) atoms. The van der Waals surface area contributed by atoms with Gasteiger partial charge in [0.25, 0.3) is 0 Å². The van der Waals surface area contributed by atoms with Crippen LogP contribution in [0.4, 0.5) is 10.5 Å². The van der Waals surface area contributed by atoms with E-state index in [9.17, 15) is 4.79 Å². The zero-order chi connectivity index (χ0) is 21.3. The minimum absolute atomic E-state index is 0.0245. The van der Waals surface area contributed by atoms with Gasteiger partial charge in [-0.15, -0.1) is 0 Å². The number of hydrogen-bond donors (Lipinski definition) is 2. The van der Waals surface area contributed by atoms with Crippen molar-refractivity contribution in [2.75, 3.05) is 51.9 Å². The van der Waals surface area contributed by atoms with Crippen LogP contribution in [0.2, 0.25) is 5.02 Å². The zero-order valence-corrected chi connectivity index (χ0v) is 18.1. The van der Waals surface area contributed by atoms with Gasteiger partial charge in [0, 0.05) is 30.3 Å². The zero-order valence-electron chi connectivity index (χ0n) is 17.3. The summed E-state index contributed by atoms with van der Waals surface area (Å²) in [5.41, 5.74) is 1.69. The van der Waals surface area contributed by atoms with Crippen LogP contribution in [0.3, 0.4) is 0 Å². The molecule has 3 rings (SSSR count). The number of carbonyl (C=O) groups excluding carboxylic acids is 1. The standard InChI is InChI=1S/C22H28ClN3O4/c1-3-30-20-8-7-16(13-21(20)28-2)19(26-9-11-29-12-10-26)15-24-22(27)25-18-6-4-5-17(23)14-18/h4-8,13-14,19H,3,9-12,15H2,1-2H3,(H2,24,25,27)/t19-/m1/s1. The van der Waals surface area contributed by atoms with E-state index in [0.717, 1.165) is 18.7 Å². The number of ether oxygens (including phenoxy) is 3. The van der Waals surface area contributed by atoms with Crippen molar-refractivity contribution in [2.24, 2.45) is 0 Å². The lowest BCUT2D eigenvalue weighted by Crippen LogP contribution is -2.44. The van der Waals surface area contributed by atoms with Gasteiger partial charge in [-0.05, 0) is 42.8 Å². The Labute approximate surface area is 182 Å². The molecule has 0 aliphatic carbocycles. The van der Waals surface area contributed by atoms with Crippen LogP contribution in [0.15, 0.2) is 42.5 Å². The maximum Gasteiger partial charge on any atom is 0.319 e. The van der Waals surface area contributed by atoms with Crippen molar-refractivity contribution in [3.05, 3.63) is 53.1 Å². The van der Waals surface area contributed by atoms with Crippen LogP contribution in [0.5, 0.6) is 11.5 Å². The van der Waals surface area contributed by atoms with Gasteiger partial charge in [0.05, 0.1) is 33.0 Å². The van der Waals surface area contributed by atoms with Crippen LogP contribution in [-0.2, 0) is 4.74 Å². The van der Waals surface area contributed by atoms with E-state index in [-0.39, 0.29) is 12.1 Å². The number of halogens is 1. The molecular formula is C22H28ClN3O4. The first-order chi connectivity index (χ1) is 14.6. The number of rotatable bonds is 8. The van der Waals surface area contributed by atoms with E-state index < -0.39 is 0 Å². The summed E-state index contributed by atoms with van der Waals surface area (Å²) in [5.74, 6) is 1.38. The summed E-state index contributed by atoms with van der Waals surface area (Å²) in [6, 6.07) is 12.7. The molecule has 1 fully saturated rings. The average Bonchev–Trinajstić information content (AvgIpc) is 2.75. The first-order valence-electron chi connectivity index (χ1n) is 10.0. The number of hydrogen-bond acceptors (Lipinski definition) is 5. The Morgan fingerprint density at radius 3 is 2.70 bits per heavy atom. The summed E-state index contributed by atoms with van der Waals surface area (Å²) in [6.07, 6.45) is 0. The molecular weight excluding hydrogens is 406 g/mol. The number of amides is 2. The molecule has 2 aromatic carbocycles. The Morgan fingerprint density at radius 2 is 2.00 bits per heavy atom. The molecule has 2 aromatic rings. The van der Waals surface area contributed by atoms with E-state index in [4.69, 9.17) is 25.8 Å². The average molecular weight is 434 g/mol. The third-order valence-corrected chi connectivity index (χ3v) is 5.13. The molecule has 2 amide bonds. The molecule has 0 radical (unpaired) electrons. The Hall–Kier alpha value is -2.48. The number of benzene rings is 2. The van der Waals surface area contributed by atoms with Gasteiger partial charge < -0.3 is 24.8 Å². The van der Waals surface area contributed by atoms with Gasteiger partial charge in [-0.2, -0.15) is 0 Å². The summed E-state index contributed by atoms with van der Waals surface area (Å²) >= 11 is 5.99. The van der Waals surface area contributed by atoms with Crippen molar-refractivity contribution >= 4 is 23.3 Å². The fourth-order valence-corrected chi connectivity index (χ4v) is 3.63. The van der Waals surface area contributed by atoms with Crippen LogP contribution in [0, 0.1) is 0 Å². The van der Waals surface area contributed by atoms with Gasteiger partial charge in [-0.3, -0.25) is 4.90 Å². The van der Waals surface area contributed by atoms with Crippen molar-refractivity contribution < 1.29 is 19.0 Å². The summed E-state index contributed by atoms with van der Waals surface area (Å²) < 4.78 is 16.6. The molecule has 0 unspecified atom stereocenters. The van der Waals surface area contributed by atoms with Crippen LogP contribution in [0.25, 0.3) is 0 Å². The highest BCUT2D eigenvalue weighted by molar-refractivity contribution is 6.30. The van der Waals surface area contributed by atoms with E-state index >= 15 is 0 Å². The number of methoxy groups -OCH3 is 1. The SMILES string of the molecule is CCOc1ccc([C@@H](CNC(=O)Nc2cccc(Cl)c2)N2CCOCC2)cc1OC. The summed E-state index contributed by atoms with van der Waals surface area (Å²) in [6.45, 7) is 5.85. The molecule has 1 saturated heterocycles. The fraction of sp³-hybridized carbons (Fsp3) is 0.409. The number of carbonyl (C=O) groups is 1. The van der Waals surface area contributed by atoms with E-state index in [2.05, 4.69) is 15.5 Å². The van der Waals surface area contributed by atoms with E-state index in [1.54, 1.807) is 31.4 Å². The highest BCUT2D eigenvalue weighted by Gasteiger charge is 2.24. The smallest absolute Gasteiger partial charge is 0.319 e. The number of nitrogens with one attached hydrogen (secondary N) is 2. The molecule has 8 heteroatoms. The Balaban J connectivity index is 1.73. The van der Waals surface area contributed by atoms with Gasteiger partial charge in [-0.1, -0.05) is 23.7 Å². The number of morpholine rings is 1.